The van der Waals surface area contributed by atoms with Crippen LogP contribution in [0.3, 0.4) is 0 Å². The molecule has 4 nitrogen and oxygen atoms in total. The van der Waals surface area contributed by atoms with Crippen LogP contribution >= 0.6 is 50.9 Å². The Kier molecular flexibility index (Phi) is 6.28. The zero-order chi connectivity index (χ0) is 17.8. The van der Waals surface area contributed by atoms with Crippen molar-refractivity contribution in [2.24, 2.45) is 0 Å². The Morgan fingerprint density at radius 2 is 1.92 bits per heavy atom. The first kappa shape index (κ1) is 18.6. The molecule has 0 unspecified atom stereocenters. The molecule has 0 saturated carbocycles. The molecule has 1 heterocycles. The van der Waals surface area contributed by atoms with E-state index in [0.29, 0.717) is 26.9 Å². The minimum Gasteiger partial charge on any atom is -0.479 e. The number of aromatic nitrogens is 2. The summed E-state index contributed by atoms with van der Waals surface area (Å²) >= 11 is 16.9. The normalized spacial score (nSPS) is 12.2. The molecule has 1 atom stereocenters. The SMILES string of the molecule is C[C@H](Oc1ccc(Cl)cc1Cl)c1nnc(SCc2ccc(Br)cc2)o1. The molecule has 130 valence electrons. The van der Waals surface area contributed by atoms with Gasteiger partial charge < -0.3 is 9.15 Å². The van der Waals surface area contributed by atoms with E-state index < -0.39 is 6.10 Å². The topological polar surface area (TPSA) is 48.2 Å². The summed E-state index contributed by atoms with van der Waals surface area (Å²) in [5.41, 5.74) is 1.17. The minimum absolute atomic E-state index is 0.393. The lowest BCUT2D eigenvalue weighted by atomic mass is 10.2. The van der Waals surface area contributed by atoms with Crippen LogP contribution < -0.4 is 4.74 Å². The summed E-state index contributed by atoms with van der Waals surface area (Å²) in [5.74, 6) is 1.65. The van der Waals surface area contributed by atoms with Crippen LogP contribution in [0.2, 0.25) is 10.0 Å². The van der Waals surface area contributed by atoms with Gasteiger partial charge in [-0.25, -0.2) is 0 Å². The van der Waals surface area contributed by atoms with Crippen molar-refractivity contribution in [3.8, 4) is 5.75 Å². The van der Waals surface area contributed by atoms with Gasteiger partial charge in [-0.3, -0.25) is 0 Å². The highest BCUT2D eigenvalue weighted by atomic mass is 79.9. The first-order valence-corrected chi connectivity index (χ1v) is 9.87. The predicted molar refractivity (Wildman–Crippen MR) is 104 cm³/mol. The number of halogens is 3. The van der Waals surface area contributed by atoms with Crippen molar-refractivity contribution >= 4 is 50.9 Å². The summed E-state index contributed by atoms with van der Waals surface area (Å²) in [5, 5.41) is 9.58. The molecule has 0 N–H and O–H groups in total. The van der Waals surface area contributed by atoms with Crippen molar-refractivity contribution in [1.29, 1.82) is 0 Å². The van der Waals surface area contributed by atoms with Gasteiger partial charge in [-0.1, -0.05) is 63.0 Å². The minimum atomic E-state index is -0.423. The van der Waals surface area contributed by atoms with Crippen molar-refractivity contribution in [2.45, 2.75) is 24.0 Å². The zero-order valence-corrected chi connectivity index (χ0v) is 17.0. The molecule has 0 aliphatic rings. The highest BCUT2D eigenvalue weighted by molar-refractivity contribution is 9.10. The van der Waals surface area contributed by atoms with Crippen molar-refractivity contribution in [1.82, 2.24) is 10.2 Å². The van der Waals surface area contributed by atoms with E-state index in [-0.39, 0.29) is 0 Å². The van der Waals surface area contributed by atoms with Gasteiger partial charge in [-0.15, -0.1) is 10.2 Å². The molecule has 0 spiro atoms. The van der Waals surface area contributed by atoms with Crippen molar-refractivity contribution < 1.29 is 9.15 Å². The van der Waals surface area contributed by atoms with Crippen molar-refractivity contribution in [2.75, 3.05) is 0 Å². The highest BCUT2D eigenvalue weighted by Crippen LogP contribution is 2.32. The maximum absolute atomic E-state index is 6.11. The van der Waals surface area contributed by atoms with Gasteiger partial charge in [0.25, 0.3) is 11.1 Å². The second-order valence-electron chi connectivity index (χ2n) is 5.16. The zero-order valence-electron chi connectivity index (χ0n) is 13.1. The summed E-state index contributed by atoms with van der Waals surface area (Å²) in [7, 11) is 0. The molecule has 1 aromatic heterocycles. The maximum Gasteiger partial charge on any atom is 0.277 e. The number of thioether (sulfide) groups is 1. The number of rotatable bonds is 6. The molecule has 0 saturated heterocycles. The Balaban J connectivity index is 1.61. The lowest BCUT2D eigenvalue weighted by molar-refractivity contribution is 0.182. The van der Waals surface area contributed by atoms with Gasteiger partial charge in [0.1, 0.15) is 5.75 Å². The van der Waals surface area contributed by atoms with Crippen LogP contribution in [0.4, 0.5) is 0 Å². The molecular weight excluding hydrogens is 447 g/mol. The molecule has 0 radical (unpaired) electrons. The van der Waals surface area contributed by atoms with Crippen LogP contribution in [0, 0.1) is 0 Å². The van der Waals surface area contributed by atoms with Gasteiger partial charge in [0.05, 0.1) is 5.02 Å². The van der Waals surface area contributed by atoms with E-state index in [4.69, 9.17) is 32.4 Å². The molecule has 0 aliphatic carbocycles. The Morgan fingerprint density at radius 3 is 2.64 bits per heavy atom. The fraction of sp³-hybridized carbons (Fsp3) is 0.176. The second-order valence-corrected chi connectivity index (χ2v) is 7.84. The summed E-state index contributed by atoms with van der Waals surface area (Å²) in [4.78, 5) is 0. The maximum atomic E-state index is 6.11. The van der Waals surface area contributed by atoms with Gasteiger partial charge in [0.2, 0.25) is 0 Å². The molecule has 0 amide bonds. The lowest BCUT2D eigenvalue weighted by Crippen LogP contribution is -2.03. The highest BCUT2D eigenvalue weighted by Gasteiger charge is 2.17. The first-order valence-electron chi connectivity index (χ1n) is 7.33. The van der Waals surface area contributed by atoms with E-state index in [0.717, 1.165) is 10.2 Å². The Labute approximate surface area is 168 Å². The third-order valence-electron chi connectivity index (χ3n) is 3.24. The largest absolute Gasteiger partial charge is 0.479 e. The number of hydrogen-bond acceptors (Lipinski definition) is 5. The van der Waals surface area contributed by atoms with E-state index in [9.17, 15) is 0 Å². The van der Waals surface area contributed by atoms with Crippen LogP contribution in [-0.2, 0) is 5.75 Å². The van der Waals surface area contributed by atoms with E-state index >= 15 is 0 Å². The molecule has 3 rings (SSSR count). The first-order chi connectivity index (χ1) is 12.0. The molecule has 0 fully saturated rings. The smallest absolute Gasteiger partial charge is 0.277 e. The Bertz CT molecular complexity index is 858. The quantitative estimate of drug-likeness (QED) is 0.390. The van der Waals surface area contributed by atoms with E-state index in [1.807, 2.05) is 31.2 Å². The second kappa shape index (κ2) is 8.45. The average molecular weight is 460 g/mol. The molecule has 8 heteroatoms. The fourth-order valence-corrected chi connectivity index (χ4v) is 3.42. The van der Waals surface area contributed by atoms with Gasteiger partial charge in [-0.05, 0) is 42.8 Å². The van der Waals surface area contributed by atoms with E-state index in [1.54, 1.807) is 18.2 Å². The summed E-state index contributed by atoms with van der Waals surface area (Å²) in [6.07, 6.45) is -0.423. The summed E-state index contributed by atoms with van der Waals surface area (Å²) in [6.45, 7) is 1.82. The number of benzene rings is 2. The van der Waals surface area contributed by atoms with Crippen LogP contribution in [0.1, 0.15) is 24.5 Å². The monoisotopic (exact) mass is 458 g/mol. The van der Waals surface area contributed by atoms with E-state index in [2.05, 4.69) is 26.1 Å². The van der Waals surface area contributed by atoms with Gasteiger partial charge in [0.15, 0.2) is 6.10 Å². The molecule has 3 aromatic rings. The Hall–Kier alpha value is -1.21. The molecular formula is C17H13BrCl2N2O2S. The third-order valence-corrected chi connectivity index (χ3v) is 5.19. The predicted octanol–water partition coefficient (Wildman–Crippen LogP) is 6.57. The molecule has 0 bridgehead atoms. The van der Waals surface area contributed by atoms with E-state index in [1.165, 1.54) is 17.3 Å². The van der Waals surface area contributed by atoms with Gasteiger partial charge in [0, 0.05) is 15.2 Å². The van der Waals surface area contributed by atoms with Crippen LogP contribution in [0.25, 0.3) is 0 Å². The molecule has 0 aliphatic heterocycles. The molecule has 2 aromatic carbocycles. The number of ether oxygens (including phenoxy) is 1. The van der Waals surface area contributed by atoms with Crippen LogP contribution in [0.5, 0.6) is 5.75 Å². The lowest BCUT2D eigenvalue weighted by Gasteiger charge is -2.12. The van der Waals surface area contributed by atoms with Gasteiger partial charge in [-0.2, -0.15) is 0 Å². The summed E-state index contributed by atoms with van der Waals surface area (Å²) < 4.78 is 12.5. The van der Waals surface area contributed by atoms with Crippen LogP contribution in [-0.4, -0.2) is 10.2 Å². The standard InChI is InChI=1S/C17H13BrCl2N2O2S/c1-10(23-15-7-6-13(19)8-14(15)20)16-21-22-17(24-16)25-9-11-2-4-12(18)5-3-11/h2-8,10H,9H2,1H3/t10-/m0/s1. The average Bonchev–Trinajstić information content (AvgIpc) is 3.06. The van der Waals surface area contributed by atoms with Crippen LogP contribution in [0.15, 0.2) is 56.6 Å². The third kappa shape index (κ3) is 5.14. The molecule has 25 heavy (non-hydrogen) atoms. The van der Waals surface area contributed by atoms with Gasteiger partial charge >= 0.3 is 0 Å². The van der Waals surface area contributed by atoms with Crippen molar-refractivity contribution in [3.63, 3.8) is 0 Å². The summed E-state index contributed by atoms with van der Waals surface area (Å²) in [6, 6.07) is 13.1. The van der Waals surface area contributed by atoms with Crippen molar-refractivity contribution in [3.05, 3.63) is 68.4 Å². The number of hydrogen-bond donors (Lipinski definition) is 0. The number of nitrogens with zero attached hydrogens (tertiary/aromatic N) is 2. The Morgan fingerprint density at radius 1 is 1.16 bits per heavy atom. The fourth-order valence-electron chi connectivity index (χ4n) is 1.98.